The van der Waals surface area contributed by atoms with E-state index in [-0.39, 0.29) is 12.3 Å². The van der Waals surface area contributed by atoms with Gasteiger partial charge in [-0.25, -0.2) is 4.79 Å². The maximum absolute atomic E-state index is 11.1. The molecule has 2 N–H and O–H groups in total. The number of rotatable bonds is 11. The third-order valence-electron chi connectivity index (χ3n) is 3.56. The van der Waals surface area contributed by atoms with Crippen molar-refractivity contribution < 1.29 is 19.4 Å². The summed E-state index contributed by atoms with van der Waals surface area (Å²) in [4.78, 5) is 22.1. The zero-order chi connectivity index (χ0) is 17.1. The fraction of sp³-hybridized carbons (Fsp3) is 0.556. The summed E-state index contributed by atoms with van der Waals surface area (Å²) in [7, 11) is 0. The molecule has 0 saturated carbocycles. The van der Waals surface area contributed by atoms with Gasteiger partial charge in [-0.1, -0.05) is 44.7 Å². The molecule has 0 bridgehead atoms. The highest BCUT2D eigenvalue weighted by atomic mass is 16.5. The van der Waals surface area contributed by atoms with Crippen molar-refractivity contribution in [3.05, 3.63) is 29.8 Å². The average molecular weight is 321 g/mol. The lowest BCUT2D eigenvalue weighted by Gasteiger charge is -2.13. The van der Waals surface area contributed by atoms with Crippen molar-refractivity contribution >= 4 is 11.9 Å². The number of carbonyl (C=O) groups excluding carboxylic acids is 1. The van der Waals surface area contributed by atoms with Crippen LogP contribution in [-0.4, -0.2) is 29.6 Å². The molecule has 0 aliphatic heterocycles. The van der Waals surface area contributed by atoms with Gasteiger partial charge in [0.2, 0.25) is 5.91 Å². The lowest BCUT2D eigenvalue weighted by molar-refractivity contribution is -0.141. The first-order valence-electron chi connectivity index (χ1n) is 8.24. The Bertz CT molecular complexity index is 484. The standard InChI is InChI=1S/C18H27NO4/c1-3-4-5-6-7-12-23-16-10-8-15(9-11-16)13-17(18(21)22)19-14(2)20/h8-11,17H,3-7,12-13H2,1-2H3,(H,19,20)(H,21,22). The molecule has 128 valence electrons. The van der Waals surface area contributed by atoms with E-state index in [4.69, 9.17) is 9.84 Å². The lowest BCUT2D eigenvalue weighted by atomic mass is 10.1. The zero-order valence-corrected chi connectivity index (χ0v) is 14.0. The van der Waals surface area contributed by atoms with Crippen molar-refractivity contribution in [2.75, 3.05) is 6.61 Å². The van der Waals surface area contributed by atoms with Gasteiger partial charge in [-0.2, -0.15) is 0 Å². The summed E-state index contributed by atoms with van der Waals surface area (Å²) in [5.41, 5.74) is 0.849. The molecule has 1 atom stereocenters. The Morgan fingerprint density at radius 3 is 2.35 bits per heavy atom. The quantitative estimate of drug-likeness (QED) is 0.614. The average Bonchev–Trinajstić information content (AvgIpc) is 2.51. The Balaban J connectivity index is 2.40. The molecule has 5 heteroatoms. The van der Waals surface area contributed by atoms with E-state index in [1.165, 1.54) is 32.6 Å². The molecule has 23 heavy (non-hydrogen) atoms. The van der Waals surface area contributed by atoms with Gasteiger partial charge in [0, 0.05) is 13.3 Å². The van der Waals surface area contributed by atoms with Gasteiger partial charge in [0.25, 0.3) is 0 Å². The van der Waals surface area contributed by atoms with Gasteiger partial charge in [-0.3, -0.25) is 4.79 Å². The number of carbonyl (C=O) groups is 2. The largest absolute Gasteiger partial charge is 0.494 e. The van der Waals surface area contributed by atoms with Crippen molar-refractivity contribution in [3.63, 3.8) is 0 Å². The molecule has 1 aromatic carbocycles. The number of hydrogen-bond donors (Lipinski definition) is 2. The number of hydrogen-bond acceptors (Lipinski definition) is 3. The molecule has 5 nitrogen and oxygen atoms in total. The molecule has 1 amide bonds. The van der Waals surface area contributed by atoms with Crippen LogP contribution >= 0.6 is 0 Å². The Morgan fingerprint density at radius 2 is 1.78 bits per heavy atom. The lowest BCUT2D eigenvalue weighted by Crippen LogP contribution is -2.41. The summed E-state index contributed by atoms with van der Waals surface area (Å²) in [6.07, 6.45) is 6.24. The predicted molar refractivity (Wildman–Crippen MR) is 89.6 cm³/mol. The van der Waals surface area contributed by atoms with Crippen LogP contribution in [0.4, 0.5) is 0 Å². The second-order valence-corrected chi connectivity index (χ2v) is 5.70. The number of aliphatic carboxylic acids is 1. The molecule has 0 radical (unpaired) electrons. The minimum atomic E-state index is -1.03. The highest BCUT2D eigenvalue weighted by molar-refractivity contribution is 5.82. The van der Waals surface area contributed by atoms with Crippen molar-refractivity contribution in [1.82, 2.24) is 5.32 Å². The van der Waals surface area contributed by atoms with Crippen molar-refractivity contribution in [2.45, 2.75) is 58.4 Å². The molecule has 0 spiro atoms. The number of carboxylic acids is 1. The Morgan fingerprint density at radius 1 is 1.13 bits per heavy atom. The van der Waals surface area contributed by atoms with Gasteiger partial charge >= 0.3 is 5.97 Å². The van der Waals surface area contributed by atoms with E-state index in [0.29, 0.717) is 6.61 Å². The van der Waals surface area contributed by atoms with E-state index in [1.807, 2.05) is 24.3 Å². The second kappa shape index (κ2) is 10.6. The minimum absolute atomic E-state index is 0.256. The molecule has 0 aliphatic carbocycles. The van der Waals surface area contributed by atoms with Crippen LogP contribution in [0, 0.1) is 0 Å². The van der Waals surface area contributed by atoms with Crippen molar-refractivity contribution in [1.29, 1.82) is 0 Å². The van der Waals surface area contributed by atoms with Crippen LogP contribution in [0.15, 0.2) is 24.3 Å². The SMILES string of the molecule is CCCCCCCOc1ccc(CC(NC(C)=O)C(=O)O)cc1. The molecular weight excluding hydrogens is 294 g/mol. The molecule has 1 unspecified atom stereocenters. The molecule has 1 aromatic rings. The van der Waals surface area contributed by atoms with Crippen LogP contribution in [-0.2, 0) is 16.0 Å². The van der Waals surface area contributed by atoms with E-state index in [1.54, 1.807) is 0 Å². The minimum Gasteiger partial charge on any atom is -0.494 e. The topological polar surface area (TPSA) is 75.6 Å². The van der Waals surface area contributed by atoms with Crippen LogP contribution in [0.25, 0.3) is 0 Å². The van der Waals surface area contributed by atoms with Gasteiger partial charge in [0.1, 0.15) is 11.8 Å². The van der Waals surface area contributed by atoms with E-state index >= 15 is 0 Å². The highest BCUT2D eigenvalue weighted by Crippen LogP contribution is 2.14. The normalized spacial score (nSPS) is 11.7. The number of ether oxygens (including phenoxy) is 1. The number of amides is 1. The maximum atomic E-state index is 11.1. The Labute approximate surface area is 138 Å². The second-order valence-electron chi connectivity index (χ2n) is 5.70. The van der Waals surface area contributed by atoms with E-state index < -0.39 is 12.0 Å². The fourth-order valence-electron chi connectivity index (χ4n) is 2.30. The Kier molecular flexibility index (Phi) is 8.80. The van der Waals surface area contributed by atoms with Crippen LogP contribution < -0.4 is 10.1 Å². The van der Waals surface area contributed by atoms with E-state index in [2.05, 4.69) is 12.2 Å². The molecule has 1 rings (SSSR count). The molecule has 0 heterocycles. The van der Waals surface area contributed by atoms with E-state index in [0.717, 1.165) is 17.7 Å². The first-order valence-corrected chi connectivity index (χ1v) is 8.24. The number of benzene rings is 1. The summed E-state index contributed by atoms with van der Waals surface area (Å²) in [6, 6.07) is 6.45. The number of nitrogens with one attached hydrogen (secondary N) is 1. The molecular formula is C18H27NO4. The van der Waals surface area contributed by atoms with Crippen molar-refractivity contribution in [3.8, 4) is 5.75 Å². The smallest absolute Gasteiger partial charge is 0.326 e. The number of carboxylic acid groups (broad SMARTS) is 1. The third-order valence-corrected chi connectivity index (χ3v) is 3.56. The zero-order valence-electron chi connectivity index (χ0n) is 14.0. The van der Waals surface area contributed by atoms with Crippen LogP contribution in [0.3, 0.4) is 0 Å². The highest BCUT2D eigenvalue weighted by Gasteiger charge is 2.18. The summed E-state index contributed by atoms with van der Waals surface area (Å²) in [5, 5.41) is 11.5. The molecule has 0 aliphatic rings. The van der Waals surface area contributed by atoms with Crippen LogP contribution in [0.5, 0.6) is 5.75 Å². The summed E-state index contributed by atoms with van der Waals surface area (Å²) in [6.45, 7) is 4.21. The van der Waals surface area contributed by atoms with Gasteiger partial charge in [-0.05, 0) is 24.1 Å². The van der Waals surface area contributed by atoms with Gasteiger partial charge in [-0.15, -0.1) is 0 Å². The monoisotopic (exact) mass is 321 g/mol. The van der Waals surface area contributed by atoms with Crippen LogP contribution in [0.2, 0.25) is 0 Å². The van der Waals surface area contributed by atoms with Gasteiger partial charge in [0.05, 0.1) is 6.61 Å². The molecule has 0 saturated heterocycles. The van der Waals surface area contributed by atoms with Crippen molar-refractivity contribution in [2.24, 2.45) is 0 Å². The maximum Gasteiger partial charge on any atom is 0.326 e. The van der Waals surface area contributed by atoms with Crippen LogP contribution in [0.1, 0.15) is 51.5 Å². The van der Waals surface area contributed by atoms with E-state index in [9.17, 15) is 9.59 Å². The summed E-state index contributed by atoms with van der Waals surface area (Å²) in [5.74, 6) is -0.594. The molecule has 0 aromatic heterocycles. The first kappa shape index (κ1) is 19.0. The summed E-state index contributed by atoms with van der Waals surface area (Å²) < 4.78 is 5.67. The third kappa shape index (κ3) is 8.24. The fourth-order valence-corrected chi connectivity index (χ4v) is 2.30. The Hall–Kier alpha value is -2.04. The first-order chi connectivity index (χ1) is 11.0. The number of unbranched alkanes of at least 4 members (excludes halogenated alkanes) is 4. The van der Waals surface area contributed by atoms with Gasteiger partial charge < -0.3 is 15.2 Å². The summed E-state index contributed by atoms with van der Waals surface area (Å²) >= 11 is 0. The predicted octanol–water partition coefficient (Wildman–Crippen LogP) is 3.17. The molecule has 0 fully saturated rings. The van der Waals surface area contributed by atoms with Gasteiger partial charge in [0.15, 0.2) is 0 Å².